The molecule has 0 atom stereocenters. The summed E-state index contributed by atoms with van der Waals surface area (Å²) in [5.41, 5.74) is 0.509. The maximum Gasteiger partial charge on any atom is 0.347 e. The molecule has 0 N–H and O–H groups in total. The minimum absolute atomic E-state index is 0.311. The third-order valence-corrected chi connectivity index (χ3v) is 2.88. The Balaban J connectivity index is 2.35. The third kappa shape index (κ3) is 2.36. The first-order valence-corrected chi connectivity index (χ1v) is 5.41. The van der Waals surface area contributed by atoms with Crippen LogP contribution >= 0.6 is 15.9 Å². The van der Waals surface area contributed by atoms with Gasteiger partial charge in [0, 0.05) is 16.9 Å². The van der Waals surface area contributed by atoms with Crippen molar-refractivity contribution in [3.05, 3.63) is 63.0 Å². The maximum absolute atomic E-state index is 12.9. The van der Waals surface area contributed by atoms with Crippen molar-refractivity contribution in [2.75, 3.05) is 0 Å². The Morgan fingerprint density at radius 2 is 2.25 bits per heavy atom. The van der Waals surface area contributed by atoms with Gasteiger partial charge in [0.05, 0.1) is 6.54 Å². The largest absolute Gasteiger partial charge is 0.347 e. The Bertz CT molecular complexity index is 568. The van der Waals surface area contributed by atoms with Gasteiger partial charge < -0.3 is 0 Å². The Hall–Kier alpha value is -1.49. The minimum Gasteiger partial charge on any atom is -0.295 e. The van der Waals surface area contributed by atoms with Gasteiger partial charge in [-0.3, -0.25) is 4.57 Å². The summed E-state index contributed by atoms with van der Waals surface area (Å²) in [4.78, 5) is 15.0. The Morgan fingerprint density at radius 3 is 2.94 bits per heavy atom. The molecule has 0 saturated carbocycles. The fourth-order valence-corrected chi connectivity index (χ4v) is 1.82. The van der Waals surface area contributed by atoms with Crippen molar-refractivity contribution in [2.24, 2.45) is 0 Å². The van der Waals surface area contributed by atoms with Gasteiger partial charge in [0.1, 0.15) is 5.82 Å². The molecule has 1 aromatic carbocycles. The monoisotopic (exact) mass is 282 g/mol. The van der Waals surface area contributed by atoms with E-state index in [-0.39, 0.29) is 11.5 Å². The zero-order valence-electron chi connectivity index (χ0n) is 8.23. The molecular formula is C11H8BrFN2O. The Kier molecular flexibility index (Phi) is 3.14. The van der Waals surface area contributed by atoms with Crippen molar-refractivity contribution in [3.63, 3.8) is 0 Å². The van der Waals surface area contributed by atoms with E-state index < -0.39 is 0 Å². The first-order chi connectivity index (χ1) is 7.66. The van der Waals surface area contributed by atoms with Gasteiger partial charge in [-0.1, -0.05) is 22.0 Å². The number of nitrogens with zero attached hydrogens (tertiary/aromatic N) is 2. The quantitative estimate of drug-likeness (QED) is 0.846. The number of halogens is 2. The summed E-state index contributed by atoms with van der Waals surface area (Å²) in [5.74, 6) is -0.311. The molecule has 16 heavy (non-hydrogen) atoms. The van der Waals surface area contributed by atoms with Gasteiger partial charge in [-0.05, 0) is 23.8 Å². The molecule has 82 valence electrons. The third-order valence-electron chi connectivity index (χ3n) is 2.14. The second kappa shape index (κ2) is 4.57. The lowest BCUT2D eigenvalue weighted by atomic mass is 10.2. The van der Waals surface area contributed by atoms with Crippen LogP contribution in [0.1, 0.15) is 5.56 Å². The summed E-state index contributed by atoms with van der Waals surface area (Å²) in [5, 5.41) is 0. The molecule has 5 heteroatoms. The molecule has 0 saturated heterocycles. The lowest BCUT2D eigenvalue weighted by Gasteiger charge is -2.06. The van der Waals surface area contributed by atoms with Crippen LogP contribution in [0.5, 0.6) is 0 Å². The highest BCUT2D eigenvalue weighted by Gasteiger charge is 2.03. The van der Waals surface area contributed by atoms with Crippen LogP contribution in [0, 0.1) is 5.82 Å². The van der Waals surface area contributed by atoms with E-state index in [0.717, 1.165) is 5.56 Å². The van der Waals surface area contributed by atoms with E-state index in [4.69, 9.17) is 0 Å². The lowest BCUT2D eigenvalue weighted by Crippen LogP contribution is -2.22. The molecule has 3 nitrogen and oxygen atoms in total. The van der Waals surface area contributed by atoms with Crippen molar-refractivity contribution < 1.29 is 4.39 Å². The van der Waals surface area contributed by atoms with Gasteiger partial charge in [0.25, 0.3) is 0 Å². The van der Waals surface area contributed by atoms with Gasteiger partial charge >= 0.3 is 5.69 Å². The first-order valence-electron chi connectivity index (χ1n) is 4.62. The van der Waals surface area contributed by atoms with E-state index in [1.165, 1.54) is 22.9 Å². The standard InChI is InChI=1S/C11H8BrFN2O/c12-10-6-9(13)3-2-8(10)7-15-5-1-4-14-11(15)16/h1-6H,7H2. The molecule has 2 rings (SSSR count). The summed E-state index contributed by atoms with van der Waals surface area (Å²) in [6.45, 7) is 0.369. The maximum atomic E-state index is 12.9. The van der Waals surface area contributed by atoms with Gasteiger partial charge in [-0.15, -0.1) is 0 Å². The van der Waals surface area contributed by atoms with E-state index in [2.05, 4.69) is 20.9 Å². The van der Waals surface area contributed by atoms with Crippen LogP contribution < -0.4 is 5.69 Å². The molecule has 0 aliphatic carbocycles. The predicted molar refractivity (Wildman–Crippen MR) is 61.7 cm³/mol. The lowest BCUT2D eigenvalue weighted by molar-refractivity contribution is 0.624. The fraction of sp³-hybridized carbons (Fsp3) is 0.0909. The highest BCUT2D eigenvalue weighted by atomic mass is 79.9. The van der Waals surface area contributed by atoms with E-state index in [9.17, 15) is 9.18 Å². The average molecular weight is 283 g/mol. The molecule has 0 amide bonds. The van der Waals surface area contributed by atoms with E-state index in [1.54, 1.807) is 18.3 Å². The smallest absolute Gasteiger partial charge is 0.295 e. The van der Waals surface area contributed by atoms with Crippen molar-refractivity contribution in [1.29, 1.82) is 0 Å². The van der Waals surface area contributed by atoms with Crippen LogP contribution in [0.3, 0.4) is 0 Å². The van der Waals surface area contributed by atoms with Crippen molar-refractivity contribution >= 4 is 15.9 Å². The molecule has 1 heterocycles. The normalized spacial score (nSPS) is 10.4. The molecule has 0 aliphatic rings. The van der Waals surface area contributed by atoms with Crippen LogP contribution in [-0.2, 0) is 6.54 Å². The Morgan fingerprint density at radius 1 is 1.44 bits per heavy atom. The van der Waals surface area contributed by atoms with E-state index in [0.29, 0.717) is 11.0 Å². The van der Waals surface area contributed by atoms with Crippen LogP contribution in [0.25, 0.3) is 0 Å². The zero-order chi connectivity index (χ0) is 11.5. The zero-order valence-corrected chi connectivity index (χ0v) is 9.82. The fourth-order valence-electron chi connectivity index (χ4n) is 1.34. The second-order valence-corrected chi connectivity index (χ2v) is 4.12. The van der Waals surface area contributed by atoms with Crippen LogP contribution in [0.4, 0.5) is 4.39 Å². The summed E-state index contributed by atoms with van der Waals surface area (Å²) in [6, 6.07) is 6.05. The highest BCUT2D eigenvalue weighted by molar-refractivity contribution is 9.10. The molecular weight excluding hydrogens is 275 g/mol. The van der Waals surface area contributed by atoms with Crippen molar-refractivity contribution in [1.82, 2.24) is 9.55 Å². The van der Waals surface area contributed by atoms with Gasteiger partial charge in [0.2, 0.25) is 0 Å². The average Bonchev–Trinajstić information content (AvgIpc) is 2.25. The number of rotatable bonds is 2. The SMILES string of the molecule is O=c1ncccn1Cc1ccc(F)cc1Br. The number of hydrogen-bond donors (Lipinski definition) is 0. The topological polar surface area (TPSA) is 34.9 Å². The van der Waals surface area contributed by atoms with Gasteiger partial charge in [-0.2, -0.15) is 0 Å². The molecule has 1 aromatic heterocycles. The van der Waals surface area contributed by atoms with Crippen LogP contribution in [0.2, 0.25) is 0 Å². The van der Waals surface area contributed by atoms with E-state index >= 15 is 0 Å². The highest BCUT2D eigenvalue weighted by Crippen LogP contribution is 2.18. The summed E-state index contributed by atoms with van der Waals surface area (Å²) >= 11 is 3.25. The number of aromatic nitrogens is 2. The van der Waals surface area contributed by atoms with Crippen LogP contribution in [-0.4, -0.2) is 9.55 Å². The van der Waals surface area contributed by atoms with E-state index in [1.807, 2.05) is 0 Å². The molecule has 0 spiro atoms. The summed E-state index contributed by atoms with van der Waals surface area (Å²) < 4.78 is 15.0. The van der Waals surface area contributed by atoms with Crippen molar-refractivity contribution in [3.8, 4) is 0 Å². The molecule has 0 aliphatic heterocycles. The molecule has 2 aromatic rings. The van der Waals surface area contributed by atoms with Crippen LogP contribution in [0.15, 0.2) is 45.9 Å². The van der Waals surface area contributed by atoms with Gasteiger partial charge in [0.15, 0.2) is 0 Å². The number of hydrogen-bond acceptors (Lipinski definition) is 2. The minimum atomic E-state index is -0.321. The van der Waals surface area contributed by atoms with Gasteiger partial charge in [-0.25, -0.2) is 14.2 Å². The second-order valence-electron chi connectivity index (χ2n) is 3.27. The van der Waals surface area contributed by atoms with Crippen molar-refractivity contribution in [2.45, 2.75) is 6.54 Å². The first kappa shape index (κ1) is 11.0. The Labute approximate surface area is 99.7 Å². The molecule has 0 fully saturated rings. The summed E-state index contributed by atoms with van der Waals surface area (Å²) in [6.07, 6.45) is 3.09. The summed E-state index contributed by atoms with van der Waals surface area (Å²) in [7, 11) is 0. The molecule has 0 unspecified atom stereocenters. The number of benzene rings is 1. The predicted octanol–water partition coefficient (Wildman–Crippen LogP) is 2.19. The molecule has 0 bridgehead atoms. The molecule has 0 radical (unpaired) electrons.